The number of hydrogen-bond donors (Lipinski definition) is 1. The van der Waals surface area contributed by atoms with Crippen molar-refractivity contribution < 1.29 is 4.74 Å². The zero-order valence-corrected chi connectivity index (χ0v) is 13.5. The van der Waals surface area contributed by atoms with Crippen LogP contribution in [-0.2, 0) is 6.42 Å². The van der Waals surface area contributed by atoms with Crippen molar-refractivity contribution in [3.05, 3.63) is 29.3 Å². The first kappa shape index (κ1) is 15.3. The molecular formula is C17H28N2O. The highest BCUT2D eigenvalue weighted by molar-refractivity contribution is 5.46. The minimum absolute atomic E-state index is 0.0666. The normalized spacial score (nSPS) is 18.5. The number of hydrogen-bond acceptors (Lipinski definition) is 3. The average molecular weight is 276 g/mol. The third kappa shape index (κ3) is 2.57. The fourth-order valence-corrected chi connectivity index (χ4v) is 3.12. The molecule has 0 bridgehead atoms. The molecule has 20 heavy (non-hydrogen) atoms. The van der Waals surface area contributed by atoms with Gasteiger partial charge in [-0.15, -0.1) is 0 Å². The Morgan fingerprint density at radius 2 is 2.10 bits per heavy atom. The van der Waals surface area contributed by atoms with E-state index in [9.17, 15) is 0 Å². The number of nitrogens with one attached hydrogen (secondary N) is 1. The summed E-state index contributed by atoms with van der Waals surface area (Å²) in [7, 11) is 4.33. The second-order valence-corrected chi connectivity index (χ2v) is 6.03. The van der Waals surface area contributed by atoms with Crippen molar-refractivity contribution in [2.75, 3.05) is 27.2 Å². The molecule has 3 nitrogen and oxygen atoms in total. The van der Waals surface area contributed by atoms with Gasteiger partial charge in [-0.25, -0.2) is 0 Å². The minimum Gasteiger partial charge on any atom is -0.493 e. The van der Waals surface area contributed by atoms with E-state index in [-0.39, 0.29) is 11.6 Å². The molecule has 2 unspecified atom stereocenters. The second kappa shape index (κ2) is 6.15. The van der Waals surface area contributed by atoms with Gasteiger partial charge in [0.15, 0.2) is 0 Å². The lowest BCUT2D eigenvalue weighted by molar-refractivity contribution is 0.112. The van der Waals surface area contributed by atoms with Crippen molar-refractivity contribution in [1.82, 2.24) is 10.2 Å². The average Bonchev–Trinajstić information content (AvgIpc) is 2.92. The third-order valence-corrected chi connectivity index (χ3v) is 4.82. The molecule has 1 aliphatic rings. The molecule has 0 fully saturated rings. The number of nitrogens with zero attached hydrogens (tertiary/aromatic N) is 1. The summed E-state index contributed by atoms with van der Waals surface area (Å²) in [6, 6.07) is 6.85. The van der Waals surface area contributed by atoms with Crippen LogP contribution >= 0.6 is 0 Å². The van der Waals surface area contributed by atoms with E-state index in [0.29, 0.717) is 0 Å². The highest BCUT2D eigenvalue weighted by Crippen LogP contribution is 2.40. The number of ether oxygens (including phenoxy) is 1. The van der Waals surface area contributed by atoms with E-state index in [1.54, 1.807) is 0 Å². The Morgan fingerprint density at radius 3 is 2.70 bits per heavy atom. The van der Waals surface area contributed by atoms with Gasteiger partial charge in [0, 0.05) is 17.5 Å². The zero-order chi connectivity index (χ0) is 14.8. The molecular weight excluding hydrogens is 248 g/mol. The molecule has 0 saturated carbocycles. The summed E-state index contributed by atoms with van der Waals surface area (Å²) in [5.41, 5.74) is 2.72. The van der Waals surface area contributed by atoms with Crippen LogP contribution < -0.4 is 10.1 Å². The van der Waals surface area contributed by atoms with E-state index < -0.39 is 0 Å². The maximum Gasteiger partial charge on any atom is 0.127 e. The van der Waals surface area contributed by atoms with Gasteiger partial charge < -0.3 is 15.0 Å². The van der Waals surface area contributed by atoms with Gasteiger partial charge in [-0.3, -0.25) is 0 Å². The van der Waals surface area contributed by atoms with Crippen molar-refractivity contribution in [2.24, 2.45) is 0 Å². The van der Waals surface area contributed by atoms with Gasteiger partial charge in [-0.1, -0.05) is 32.0 Å². The Bertz CT molecular complexity index is 458. The first-order valence-electron chi connectivity index (χ1n) is 7.70. The van der Waals surface area contributed by atoms with E-state index >= 15 is 0 Å². The van der Waals surface area contributed by atoms with E-state index in [1.165, 1.54) is 11.1 Å². The van der Waals surface area contributed by atoms with Gasteiger partial charge in [0.1, 0.15) is 5.75 Å². The molecule has 0 spiro atoms. The Balaban J connectivity index is 2.46. The molecule has 112 valence electrons. The van der Waals surface area contributed by atoms with Gasteiger partial charge >= 0.3 is 0 Å². The predicted octanol–water partition coefficient (Wildman–Crippen LogP) is 3.00. The van der Waals surface area contributed by atoms with Gasteiger partial charge in [-0.2, -0.15) is 0 Å². The summed E-state index contributed by atoms with van der Waals surface area (Å²) < 4.78 is 5.92. The molecule has 3 heteroatoms. The van der Waals surface area contributed by atoms with Crippen molar-refractivity contribution >= 4 is 0 Å². The molecule has 0 aliphatic carbocycles. The number of para-hydroxylation sites is 1. The Hall–Kier alpha value is -1.06. The summed E-state index contributed by atoms with van der Waals surface area (Å²) >= 11 is 0. The second-order valence-electron chi connectivity index (χ2n) is 6.03. The zero-order valence-electron chi connectivity index (χ0n) is 13.5. The quantitative estimate of drug-likeness (QED) is 0.864. The van der Waals surface area contributed by atoms with Gasteiger partial charge in [-0.05, 0) is 39.5 Å². The van der Waals surface area contributed by atoms with Crippen LogP contribution in [0.4, 0.5) is 0 Å². The summed E-state index contributed by atoms with van der Waals surface area (Å²) in [5.74, 6) is 1.11. The number of benzene rings is 1. The monoisotopic (exact) mass is 276 g/mol. The van der Waals surface area contributed by atoms with E-state index in [1.807, 2.05) is 0 Å². The van der Waals surface area contributed by atoms with Gasteiger partial charge in [0.2, 0.25) is 0 Å². The molecule has 2 atom stereocenters. The molecule has 1 aromatic rings. The number of rotatable bonds is 6. The lowest BCUT2D eigenvalue weighted by Gasteiger charge is -2.43. The lowest BCUT2D eigenvalue weighted by Crippen LogP contribution is -2.51. The lowest BCUT2D eigenvalue weighted by atomic mass is 9.82. The number of fused-ring (bicyclic) bond motifs is 1. The van der Waals surface area contributed by atoms with Crippen LogP contribution in [0.25, 0.3) is 0 Å². The molecule has 0 radical (unpaired) electrons. The maximum absolute atomic E-state index is 5.92. The van der Waals surface area contributed by atoms with Gasteiger partial charge in [0.25, 0.3) is 0 Å². The highest BCUT2D eigenvalue weighted by atomic mass is 16.5. The van der Waals surface area contributed by atoms with Crippen LogP contribution in [0.3, 0.4) is 0 Å². The Morgan fingerprint density at radius 1 is 1.35 bits per heavy atom. The fraction of sp³-hybridized carbons (Fsp3) is 0.647. The van der Waals surface area contributed by atoms with Crippen LogP contribution in [0, 0.1) is 0 Å². The van der Waals surface area contributed by atoms with Gasteiger partial charge in [0.05, 0.1) is 12.6 Å². The Kier molecular flexibility index (Phi) is 4.71. The van der Waals surface area contributed by atoms with E-state index in [0.717, 1.165) is 31.7 Å². The standard InChI is InChI=1S/C17H28N2O/c1-6-17(3,19(4)5)16(18-7-2)14-10-8-9-13-11-12-20-15(13)14/h8-10,16,18H,6-7,11-12H2,1-5H3. The summed E-state index contributed by atoms with van der Waals surface area (Å²) in [4.78, 5) is 2.33. The van der Waals surface area contributed by atoms with Crippen LogP contribution in [-0.4, -0.2) is 37.7 Å². The molecule has 0 aromatic heterocycles. The highest BCUT2D eigenvalue weighted by Gasteiger charge is 2.37. The maximum atomic E-state index is 5.92. The van der Waals surface area contributed by atoms with E-state index in [4.69, 9.17) is 4.74 Å². The molecule has 0 saturated heterocycles. The Labute approximate surface area is 123 Å². The summed E-state index contributed by atoms with van der Waals surface area (Å²) in [5, 5.41) is 3.68. The van der Waals surface area contributed by atoms with Crippen LogP contribution in [0.5, 0.6) is 5.75 Å². The molecule has 1 heterocycles. The topological polar surface area (TPSA) is 24.5 Å². The van der Waals surface area contributed by atoms with Crippen molar-refractivity contribution in [3.8, 4) is 5.75 Å². The third-order valence-electron chi connectivity index (χ3n) is 4.82. The molecule has 1 N–H and O–H groups in total. The molecule has 1 aliphatic heterocycles. The van der Waals surface area contributed by atoms with Crippen LogP contribution in [0.2, 0.25) is 0 Å². The van der Waals surface area contributed by atoms with Crippen molar-refractivity contribution in [3.63, 3.8) is 0 Å². The summed E-state index contributed by atoms with van der Waals surface area (Å²) in [6.45, 7) is 8.53. The smallest absolute Gasteiger partial charge is 0.127 e. The molecule has 1 aromatic carbocycles. The predicted molar refractivity (Wildman–Crippen MR) is 84.4 cm³/mol. The number of likely N-dealkylation sites (N-methyl/N-ethyl adjacent to an activating group) is 2. The van der Waals surface area contributed by atoms with Crippen molar-refractivity contribution in [1.29, 1.82) is 0 Å². The van der Waals surface area contributed by atoms with E-state index in [2.05, 4.69) is 63.3 Å². The molecule has 2 rings (SSSR count). The first-order chi connectivity index (χ1) is 9.54. The SMILES string of the molecule is CCNC(c1cccc2c1OCC2)C(C)(CC)N(C)C. The van der Waals surface area contributed by atoms with Crippen LogP contribution in [0.1, 0.15) is 44.4 Å². The van der Waals surface area contributed by atoms with Crippen molar-refractivity contribution in [2.45, 2.75) is 45.2 Å². The van der Waals surface area contributed by atoms with Crippen LogP contribution in [0.15, 0.2) is 18.2 Å². The fourth-order valence-electron chi connectivity index (χ4n) is 3.12. The first-order valence-corrected chi connectivity index (χ1v) is 7.70. The minimum atomic E-state index is 0.0666. The summed E-state index contributed by atoms with van der Waals surface area (Å²) in [6.07, 6.45) is 2.12. The largest absolute Gasteiger partial charge is 0.493 e. The molecule has 0 amide bonds.